The second-order valence-electron chi connectivity index (χ2n) is 7.75. The summed E-state index contributed by atoms with van der Waals surface area (Å²) in [4.78, 5) is 10.7. The fourth-order valence-electron chi connectivity index (χ4n) is 4.04. The molecule has 0 unspecified atom stereocenters. The molecule has 0 radical (unpaired) electrons. The summed E-state index contributed by atoms with van der Waals surface area (Å²) < 4.78 is 55.3. The second-order valence-corrected chi connectivity index (χ2v) is 9.95. The van der Waals surface area contributed by atoms with Crippen LogP contribution in [0.1, 0.15) is 24.6 Å². The largest absolute Gasteiger partial charge is 0.491 e. The molecule has 5 rings (SSSR count). The normalized spacial score (nSPS) is 29.6. The fourth-order valence-corrected chi connectivity index (χ4v) is 5.35. The van der Waals surface area contributed by atoms with Crippen LogP contribution in [-0.4, -0.2) is 50.3 Å². The number of nitrogens with zero attached hydrogens (tertiary/aromatic N) is 3. The van der Waals surface area contributed by atoms with E-state index in [1.165, 1.54) is 0 Å². The zero-order valence-electron chi connectivity index (χ0n) is 15.7. The highest BCUT2D eigenvalue weighted by Crippen LogP contribution is 2.45. The molecule has 29 heavy (non-hydrogen) atoms. The molecular weight excluding hydrogens is 402 g/mol. The number of halogens is 2. The number of nitrogens with one attached hydrogen (secondary N) is 1. The first-order valence-electron chi connectivity index (χ1n) is 9.45. The average molecular weight is 422 g/mol. The van der Waals surface area contributed by atoms with Gasteiger partial charge in [0.05, 0.1) is 38.2 Å². The number of hydrogen-bond donors (Lipinski definition) is 2. The Morgan fingerprint density at radius 2 is 2.17 bits per heavy atom. The summed E-state index contributed by atoms with van der Waals surface area (Å²) in [5.41, 5.74) is 0.965. The van der Waals surface area contributed by atoms with Gasteiger partial charge in [-0.3, -0.25) is 0 Å². The van der Waals surface area contributed by atoms with E-state index in [1.807, 2.05) is 0 Å². The Morgan fingerprint density at radius 1 is 1.38 bits per heavy atom. The number of ether oxygens (including phenoxy) is 1. The van der Waals surface area contributed by atoms with Crippen molar-refractivity contribution >= 4 is 15.7 Å². The molecule has 1 fully saturated rings. The molecule has 1 saturated heterocycles. The van der Waals surface area contributed by atoms with Gasteiger partial charge in [0.25, 0.3) is 5.92 Å². The van der Waals surface area contributed by atoms with Crippen LogP contribution in [0.25, 0.3) is 11.3 Å². The summed E-state index contributed by atoms with van der Waals surface area (Å²) in [6.45, 7) is 2.28. The first-order valence-corrected chi connectivity index (χ1v) is 11.2. The monoisotopic (exact) mass is 422 g/mol. The van der Waals surface area contributed by atoms with Gasteiger partial charge in [0.1, 0.15) is 18.1 Å². The Bertz CT molecular complexity index is 1120. The van der Waals surface area contributed by atoms with Crippen LogP contribution in [0.4, 0.5) is 14.7 Å². The SMILES string of the molecule is C[C@H]1[C@H](O)CN1c1nc(-c2ccc3c(c2)[S@](=N)(=O)CCO3)c2c(n1)C(F)(F)CC2. The van der Waals surface area contributed by atoms with E-state index in [9.17, 15) is 18.1 Å². The number of benzene rings is 1. The Balaban J connectivity index is 1.69. The number of alkyl halides is 2. The van der Waals surface area contributed by atoms with Crippen molar-refractivity contribution in [2.45, 2.75) is 42.7 Å². The van der Waals surface area contributed by atoms with Crippen LogP contribution in [0.15, 0.2) is 23.1 Å². The zero-order chi connectivity index (χ0) is 20.6. The van der Waals surface area contributed by atoms with Gasteiger partial charge in [-0.2, -0.15) is 8.78 Å². The van der Waals surface area contributed by atoms with E-state index in [4.69, 9.17) is 9.52 Å². The Hall–Kier alpha value is -2.33. The number of fused-ring (bicyclic) bond motifs is 2. The van der Waals surface area contributed by atoms with Crippen LogP contribution < -0.4 is 9.64 Å². The summed E-state index contributed by atoms with van der Waals surface area (Å²) >= 11 is 0. The minimum Gasteiger partial charge on any atom is -0.491 e. The van der Waals surface area contributed by atoms with E-state index in [-0.39, 0.29) is 54.3 Å². The predicted octanol–water partition coefficient (Wildman–Crippen LogP) is 2.55. The van der Waals surface area contributed by atoms with Crippen molar-refractivity contribution in [3.8, 4) is 17.0 Å². The third kappa shape index (κ3) is 2.80. The van der Waals surface area contributed by atoms with Gasteiger partial charge in [0.2, 0.25) is 5.95 Å². The third-order valence-corrected chi connectivity index (χ3v) is 7.69. The number of hydrogen-bond acceptors (Lipinski definition) is 7. The smallest absolute Gasteiger partial charge is 0.290 e. The molecule has 2 N–H and O–H groups in total. The maximum atomic E-state index is 14.5. The molecule has 7 nitrogen and oxygen atoms in total. The van der Waals surface area contributed by atoms with Gasteiger partial charge in [-0.1, -0.05) is 0 Å². The molecule has 2 aromatic rings. The molecule has 0 bridgehead atoms. The number of aliphatic hydroxyl groups is 1. The average Bonchev–Trinajstić information content (AvgIpc) is 2.99. The minimum absolute atomic E-state index is 0.0951. The molecule has 2 aliphatic heterocycles. The maximum Gasteiger partial charge on any atom is 0.290 e. The highest BCUT2D eigenvalue weighted by molar-refractivity contribution is 7.92. The maximum absolute atomic E-state index is 14.5. The molecule has 1 aliphatic carbocycles. The number of rotatable bonds is 2. The molecule has 3 aliphatic rings. The number of anilines is 1. The van der Waals surface area contributed by atoms with Crippen LogP contribution in [-0.2, 0) is 22.1 Å². The highest BCUT2D eigenvalue weighted by Gasteiger charge is 2.45. The van der Waals surface area contributed by atoms with E-state index in [1.54, 1.807) is 30.0 Å². The third-order valence-electron chi connectivity index (χ3n) is 5.92. The molecule has 154 valence electrons. The minimum atomic E-state index is -3.05. The van der Waals surface area contributed by atoms with Crippen molar-refractivity contribution in [3.05, 3.63) is 29.5 Å². The predicted molar refractivity (Wildman–Crippen MR) is 102 cm³/mol. The molecule has 10 heteroatoms. The van der Waals surface area contributed by atoms with Gasteiger partial charge in [-0.25, -0.2) is 19.0 Å². The molecule has 3 atom stereocenters. The zero-order valence-corrected chi connectivity index (χ0v) is 16.5. The molecule has 0 spiro atoms. The van der Waals surface area contributed by atoms with Crippen molar-refractivity contribution in [3.63, 3.8) is 0 Å². The van der Waals surface area contributed by atoms with E-state index < -0.39 is 21.8 Å². The number of aliphatic hydroxyl groups excluding tert-OH is 1. The first-order chi connectivity index (χ1) is 13.7. The van der Waals surface area contributed by atoms with Crippen LogP contribution in [0.3, 0.4) is 0 Å². The molecule has 1 aromatic heterocycles. The lowest BCUT2D eigenvalue weighted by Crippen LogP contribution is -2.59. The van der Waals surface area contributed by atoms with Crippen LogP contribution >= 0.6 is 0 Å². The number of aromatic nitrogens is 2. The van der Waals surface area contributed by atoms with Crippen molar-refractivity contribution < 1.29 is 22.8 Å². The highest BCUT2D eigenvalue weighted by atomic mass is 32.2. The van der Waals surface area contributed by atoms with Gasteiger partial charge in [-0.05, 0) is 31.5 Å². The van der Waals surface area contributed by atoms with Gasteiger partial charge >= 0.3 is 0 Å². The molecule has 0 saturated carbocycles. The summed E-state index contributed by atoms with van der Waals surface area (Å²) in [7, 11) is -3.01. The second kappa shape index (κ2) is 6.09. The molecule has 3 heterocycles. The molecular formula is C19H20F2N4O3S. The molecule has 0 amide bonds. The van der Waals surface area contributed by atoms with Gasteiger partial charge in [0.15, 0.2) is 0 Å². The van der Waals surface area contributed by atoms with E-state index in [2.05, 4.69) is 9.97 Å². The lowest BCUT2D eigenvalue weighted by Gasteiger charge is -2.43. The topological polar surface area (TPSA) is 99.4 Å². The lowest BCUT2D eigenvalue weighted by molar-refractivity contribution is -0.00603. The van der Waals surface area contributed by atoms with E-state index >= 15 is 0 Å². The standard InChI is InChI=1S/C19H20F2N4O3S/c1-10-13(26)9-25(10)18-23-16(12-4-5-19(20,21)17(12)24-18)11-2-3-14-15(8-11)29(22,27)7-6-28-14/h2-3,8,10,13,22,26H,4-7,9H2,1H3/t10-,13+,29+/m0/s1. The van der Waals surface area contributed by atoms with Crippen LogP contribution in [0.5, 0.6) is 5.75 Å². The van der Waals surface area contributed by atoms with Gasteiger partial charge in [-0.15, -0.1) is 0 Å². The summed E-state index contributed by atoms with van der Waals surface area (Å²) in [6.07, 6.45) is -0.751. The fraction of sp³-hybridized carbons (Fsp3) is 0.474. The first kappa shape index (κ1) is 18.7. The van der Waals surface area contributed by atoms with Gasteiger partial charge in [0, 0.05) is 24.1 Å². The Labute approximate surface area is 166 Å². The van der Waals surface area contributed by atoms with Crippen LogP contribution in [0.2, 0.25) is 0 Å². The van der Waals surface area contributed by atoms with Gasteiger partial charge < -0.3 is 14.7 Å². The Kier molecular flexibility index (Phi) is 3.92. The van der Waals surface area contributed by atoms with Crippen molar-refractivity contribution in [1.29, 1.82) is 4.78 Å². The van der Waals surface area contributed by atoms with Crippen LogP contribution in [0, 0.1) is 4.78 Å². The molecule has 1 aromatic carbocycles. The van der Waals surface area contributed by atoms with Crippen molar-refractivity contribution in [2.75, 3.05) is 23.8 Å². The Morgan fingerprint density at radius 3 is 2.90 bits per heavy atom. The van der Waals surface area contributed by atoms with Crippen molar-refractivity contribution in [2.24, 2.45) is 0 Å². The summed E-state index contributed by atoms with van der Waals surface area (Å²) in [5.74, 6) is -2.42. The van der Waals surface area contributed by atoms with Crippen molar-refractivity contribution in [1.82, 2.24) is 9.97 Å². The lowest BCUT2D eigenvalue weighted by atomic mass is 10.0. The van der Waals surface area contributed by atoms with E-state index in [0.29, 0.717) is 22.6 Å². The summed E-state index contributed by atoms with van der Waals surface area (Å²) in [5, 5.41) is 9.81. The number of β-amino-alcohol motifs (C(OH)–C–C–N with tert-alkyl or cyclic N) is 1. The van der Waals surface area contributed by atoms with E-state index in [0.717, 1.165) is 0 Å². The quantitative estimate of drug-likeness (QED) is 0.772. The summed E-state index contributed by atoms with van der Waals surface area (Å²) in [6, 6.07) is 4.62.